The molecule has 1 aliphatic heterocycles. The molecule has 0 unspecified atom stereocenters. The average Bonchev–Trinajstić information content (AvgIpc) is 2.68. The third-order valence-corrected chi connectivity index (χ3v) is 2.20. The summed E-state index contributed by atoms with van der Waals surface area (Å²) in [5, 5.41) is 7.12. The van der Waals surface area contributed by atoms with Gasteiger partial charge in [0.15, 0.2) is 0 Å². The second-order valence-electron chi connectivity index (χ2n) is 4.07. The van der Waals surface area contributed by atoms with Crippen LogP contribution in [0, 0.1) is 0 Å². The third kappa shape index (κ3) is 7.10. The van der Waals surface area contributed by atoms with Crippen LogP contribution in [0.25, 0.3) is 0 Å². The van der Waals surface area contributed by atoms with Gasteiger partial charge in [0.05, 0.1) is 0 Å². The number of hydrogen-bond acceptors (Lipinski definition) is 3. The number of nitrogens with two attached hydrogens (primary N) is 1. The lowest BCUT2D eigenvalue weighted by Gasteiger charge is -2.15. The van der Waals surface area contributed by atoms with E-state index in [1.807, 2.05) is 11.8 Å². The van der Waals surface area contributed by atoms with Crippen LogP contribution in [0.3, 0.4) is 0 Å². The van der Waals surface area contributed by atoms with Gasteiger partial charge in [0.1, 0.15) is 0 Å². The number of carbonyl (C=O) groups excluding carboxylic acids is 1. The molecule has 8 heteroatoms. The summed E-state index contributed by atoms with van der Waals surface area (Å²) in [4.78, 5) is 22.1. The number of amides is 1. The number of carbonyl (C=O) groups is 2. The Bertz CT molecular complexity index is 287. The molecule has 0 aromatic heterocycles. The van der Waals surface area contributed by atoms with Crippen LogP contribution in [0.2, 0.25) is 0 Å². The number of halogens is 3. The quantitative estimate of drug-likeness (QED) is 0.783. The number of carboxylic acids is 1. The maximum Gasteiger partial charge on any atom is 0.490 e. The molecule has 18 heavy (non-hydrogen) atoms. The Hall–Kier alpha value is -1.31. The molecule has 0 aromatic rings. The highest BCUT2D eigenvalue weighted by molar-refractivity contribution is 5.76. The molecule has 1 fully saturated rings. The molecule has 0 aromatic carbocycles. The molecule has 0 saturated carbocycles. The molecule has 106 valence electrons. The summed E-state index contributed by atoms with van der Waals surface area (Å²) in [6.07, 6.45) is -2.27. The highest BCUT2D eigenvalue weighted by Gasteiger charge is 2.38. The number of rotatable bonds is 2. The Kier molecular flexibility index (Phi) is 6.67. The van der Waals surface area contributed by atoms with Gasteiger partial charge in [-0.1, -0.05) is 0 Å². The van der Waals surface area contributed by atoms with Crippen molar-refractivity contribution in [3.8, 4) is 0 Å². The van der Waals surface area contributed by atoms with Crippen molar-refractivity contribution in [1.29, 1.82) is 0 Å². The van der Waals surface area contributed by atoms with Crippen LogP contribution >= 0.6 is 0 Å². The van der Waals surface area contributed by atoms with E-state index in [-0.39, 0.29) is 11.9 Å². The fraction of sp³-hybridized carbons (Fsp3) is 0.800. The van der Waals surface area contributed by atoms with Gasteiger partial charge in [-0.3, -0.25) is 4.79 Å². The molecule has 0 radical (unpaired) electrons. The van der Waals surface area contributed by atoms with Crippen molar-refractivity contribution in [3.05, 3.63) is 0 Å². The minimum atomic E-state index is -5.08. The smallest absolute Gasteiger partial charge is 0.475 e. The van der Waals surface area contributed by atoms with Gasteiger partial charge < -0.3 is 15.7 Å². The van der Waals surface area contributed by atoms with E-state index in [0.717, 1.165) is 25.9 Å². The number of alkyl halides is 3. The maximum absolute atomic E-state index is 11.3. The average molecular weight is 270 g/mol. The second kappa shape index (κ2) is 7.20. The van der Waals surface area contributed by atoms with E-state index in [1.54, 1.807) is 0 Å². The molecule has 1 atom stereocenters. The van der Waals surface area contributed by atoms with Crippen molar-refractivity contribution in [3.63, 3.8) is 0 Å². The minimum Gasteiger partial charge on any atom is -0.475 e. The summed E-state index contributed by atoms with van der Waals surface area (Å²) in [6, 6.07) is 0.00287. The fourth-order valence-corrected chi connectivity index (χ4v) is 1.37. The Labute approximate surface area is 103 Å². The molecule has 0 aliphatic carbocycles. The molecule has 5 nitrogen and oxygen atoms in total. The summed E-state index contributed by atoms with van der Waals surface area (Å²) in [5.41, 5.74) is 5.51. The molecule has 1 amide bonds. The van der Waals surface area contributed by atoms with E-state index in [4.69, 9.17) is 15.6 Å². The predicted octanol–water partition coefficient (Wildman–Crippen LogP) is 0.979. The van der Waals surface area contributed by atoms with E-state index in [9.17, 15) is 18.0 Å². The summed E-state index contributed by atoms with van der Waals surface area (Å²) < 4.78 is 31.7. The standard InChI is InChI=1S/C8H16N2O.C2HF3O2/c1-7(9)6-8(11)10-4-2-3-5-10;3-2(4,5)1(6)7/h7H,2-6,9H2,1H3;(H,6,7)/t7-;/m1./s1. The first-order valence-electron chi connectivity index (χ1n) is 5.48. The molecule has 1 heterocycles. The zero-order valence-corrected chi connectivity index (χ0v) is 10.0. The molecule has 0 bridgehead atoms. The summed E-state index contributed by atoms with van der Waals surface area (Å²) in [5.74, 6) is -2.54. The van der Waals surface area contributed by atoms with E-state index in [1.165, 1.54) is 0 Å². The third-order valence-electron chi connectivity index (χ3n) is 2.20. The normalized spacial score (nSPS) is 16.8. The number of likely N-dealkylation sites (tertiary alicyclic amines) is 1. The van der Waals surface area contributed by atoms with Gasteiger partial charge in [-0.2, -0.15) is 13.2 Å². The topological polar surface area (TPSA) is 83.6 Å². The lowest BCUT2D eigenvalue weighted by atomic mass is 10.2. The van der Waals surface area contributed by atoms with Crippen LogP contribution < -0.4 is 5.73 Å². The number of carboxylic acid groups (broad SMARTS) is 1. The zero-order chi connectivity index (χ0) is 14.3. The van der Waals surface area contributed by atoms with Crippen LogP contribution in [0.4, 0.5) is 13.2 Å². The van der Waals surface area contributed by atoms with Gasteiger partial charge in [0.25, 0.3) is 0 Å². The molecule has 1 aliphatic rings. The van der Waals surface area contributed by atoms with Crippen molar-refractivity contribution < 1.29 is 27.9 Å². The van der Waals surface area contributed by atoms with Crippen molar-refractivity contribution in [2.75, 3.05) is 13.1 Å². The van der Waals surface area contributed by atoms with E-state index >= 15 is 0 Å². The van der Waals surface area contributed by atoms with Crippen LogP contribution in [0.5, 0.6) is 0 Å². The first kappa shape index (κ1) is 16.7. The van der Waals surface area contributed by atoms with Crippen molar-refractivity contribution in [2.24, 2.45) is 5.73 Å². The number of hydrogen-bond donors (Lipinski definition) is 2. The summed E-state index contributed by atoms with van der Waals surface area (Å²) in [6.45, 7) is 3.74. The lowest BCUT2D eigenvalue weighted by molar-refractivity contribution is -0.192. The Morgan fingerprint density at radius 2 is 1.72 bits per heavy atom. The molecule has 1 saturated heterocycles. The van der Waals surface area contributed by atoms with Crippen molar-refractivity contribution in [2.45, 2.75) is 38.4 Å². The zero-order valence-electron chi connectivity index (χ0n) is 10.0. The fourth-order valence-electron chi connectivity index (χ4n) is 1.37. The largest absolute Gasteiger partial charge is 0.490 e. The number of aliphatic carboxylic acids is 1. The van der Waals surface area contributed by atoms with E-state index in [2.05, 4.69) is 0 Å². The van der Waals surface area contributed by atoms with E-state index < -0.39 is 12.1 Å². The first-order chi connectivity index (χ1) is 8.14. The van der Waals surface area contributed by atoms with Gasteiger partial charge in [0, 0.05) is 25.6 Å². The minimum absolute atomic E-state index is 0.00287. The van der Waals surface area contributed by atoms with E-state index in [0.29, 0.717) is 6.42 Å². The van der Waals surface area contributed by atoms with Gasteiger partial charge >= 0.3 is 12.1 Å². The lowest BCUT2D eigenvalue weighted by Crippen LogP contribution is -2.32. The SMILES string of the molecule is C[C@@H](N)CC(=O)N1CCCC1.O=C(O)C(F)(F)F. The first-order valence-corrected chi connectivity index (χ1v) is 5.48. The van der Waals surface area contributed by atoms with Crippen LogP contribution in [0.15, 0.2) is 0 Å². The van der Waals surface area contributed by atoms with Crippen LogP contribution in [-0.2, 0) is 9.59 Å². The molecule has 1 rings (SSSR count). The highest BCUT2D eigenvalue weighted by atomic mass is 19.4. The van der Waals surface area contributed by atoms with Crippen molar-refractivity contribution >= 4 is 11.9 Å². The van der Waals surface area contributed by atoms with Crippen LogP contribution in [0.1, 0.15) is 26.2 Å². The molecule has 3 N–H and O–H groups in total. The van der Waals surface area contributed by atoms with Crippen LogP contribution in [-0.4, -0.2) is 47.2 Å². The Balaban J connectivity index is 0.000000360. The molecule has 0 spiro atoms. The van der Waals surface area contributed by atoms with Gasteiger partial charge in [-0.05, 0) is 19.8 Å². The second-order valence-corrected chi connectivity index (χ2v) is 4.07. The Morgan fingerprint density at radius 3 is 2.00 bits per heavy atom. The van der Waals surface area contributed by atoms with Crippen molar-refractivity contribution in [1.82, 2.24) is 4.90 Å². The number of nitrogens with zero attached hydrogens (tertiary/aromatic N) is 1. The summed E-state index contributed by atoms with van der Waals surface area (Å²) >= 11 is 0. The maximum atomic E-state index is 11.3. The Morgan fingerprint density at radius 1 is 1.33 bits per heavy atom. The van der Waals surface area contributed by atoms with Gasteiger partial charge in [-0.25, -0.2) is 4.79 Å². The van der Waals surface area contributed by atoms with Gasteiger partial charge in [0.2, 0.25) is 5.91 Å². The molecular weight excluding hydrogens is 253 g/mol. The summed E-state index contributed by atoms with van der Waals surface area (Å²) in [7, 11) is 0. The van der Waals surface area contributed by atoms with Gasteiger partial charge in [-0.15, -0.1) is 0 Å². The monoisotopic (exact) mass is 270 g/mol. The predicted molar refractivity (Wildman–Crippen MR) is 57.8 cm³/mol. The molecular formula is C10H17F3N2O3. The highest BCUT2D eigenvalue weighted by Crippen LogP contribution is 2.13.